The molecule has 0 saturated carbocycles. The number of amides is 3. The van der Waals surface area contributed by atoms with Gasteiger partial charge in [0.05, 0.1) is 11.6 Å². The van der Waals surface area contributed by atoms with Crippen LogP contribution in [-0.4, -0.2) is 44.2 Å². The lowest BCUT2D eigenvalue weighted by Gasteiger charge is -2.23. The summed E-state index contributed by atoms with van der Waals surface area (Å²) in [6.45, 7) is 2.32. The molecule has 11 heteroatoms. The van der Waals surface area contributed by atoms with Crippen molar-refractivity contribution in [2.24, 2.45) is 0 Å². The van der Waals surface area contributed by atoms with Gasteiger partial charge in [-0.1, -0.05) is 16.8 Å². The molecule has 0 aliphatic carbocycles. The second-order valence-electron chi connectivity index (χ2n) is 7.35. The molecule has 2 aliphatic rings. The summed E-state index contributed by atoms with van der Waals surface area (Å²) >= 11 is 7.05. The normalized spacial score (nSPS) is 17.5. The predicted octanol–water partition coefficient (Wildman–Crippen LogP) is 4.68. The Balaban J connectivity index is 1.46. The van der Waals surface area contributed by atoms with E-state index in [0.717, 1.165) is 4.90 Å². The summed E-state index contributed by atoms with van der Waals surface area (Å²) in [6, 6.07) is 10.4. The summed E-state index contributed by atoms with van der Waals surface area (Å²) < 4.78 is 26.0. The minimum atomic E-state index is -0.604. The monoisotopic (exact) mass is 499 g/mol. The van der Waals surface area contributed by atoms with Gasteiger partial charge in [0.2, 0.25) is 5.82 Å². The number of rotatable bonds is 6. The lowest BCUT2D eigenvalue weighted by atomic mass is 10.1. The highest BCUT2D eigenvalue weighted by molar-refractivity contribution is 8.04. The van der Waals surface area contributed by atoms with Crippen molar-refractivity contribution in [2.45, 2.75) is 18.7 Å². The quantitative estimate of drug-likeness (QED) is 0.455. The Morgan fingerprint density at radius 3 is 2.76 bits per heavy atom. The number of thioether (sulfide) groups is 1. The molecule has 0 saturated heterocycles. The molecule has 1 atom stereocenters. The fourth-order valence-corrected chi connectivity index (χ4v) is 4.72. The van der Waals surface area contributed by atoms with Gasteiger partial charge in [0.1, 0.15) is 23.0 Å². The number of nitrogens with zero attached hydrogens (tertiary/aromatic N) is 4. The largest absolute Gasteiger partial charge is 0.506 e. The first-order valence-electron chi connectivity index (χ1n) is 10.3. The Morgan fingerprint density at radius 1 is 1.24 bits per heavy atom. The highest BCUT2D eigenvalue weighted by Crippen LogP contribution is 2.32. The number of halogens is 2. The summed E-state index contributed by atoms with van der Waals surface area (Å²) in [7, 11) is 0. The first-order valence-corrected chi connectivity index (χ1v) is 11.6. The molecule has 3 amide bonds. The highest BCUT2D eigenvalue weighted by Gasteiger charge is 2.50. The van der Waals surface area contributed by atoms with E-state index in [4.69, 9.17) is 20.9 Å². The average molecular weight is 500 g/mol. The number of aromatic nitrogens is 2. The van der Waals surface area contributed by atoms with Gasteiger partial charge >= 0.3 is 11.9 Å². The Labute approximate surface area is 202 Å². The molecule has 0 bridgehead atoms. The second-order valence-corrected chi connectivity index (χ2v) is 8.78. The van der Waals surface area contributed by atoms with Crippen molar-refractivity contribution in [3.05, 3.63) is 70.7 Å². The molecule has 1 aromatic heterocycles. The standard InChI is InChI=1S/C23H17ClFN4O4S/c1-2-32-15-6-4-14(5-7-15)29-22(30)20-18(9-10-34-20)28(23(29)31)12-19-26-21(27-33-19)13-3-8-16(24)17(25)11-13/h3-11,20H,2,12H2,1H3/q+1. The molecule has 5 rings (SSSR count). The van der Waals surface area contributed by atoms with Gasteiger partial charge in [-0.2, -0.15) is 14.4 Å². The van der Waals surface area contributed by atoms with Crippen molar-refractivity contribution >= 4 is 46.7 Å². The van der Waals surface area contributed by atoms with Gasteiger partial charge in [-0.25, -0.2) is 9.18 Å². The topological polar surface area (TPSA) is 88.5 Å². The Kier molecular flexibility index (Phi) is 5.93. The van der Waals surface area contributed by atoms with Crippen LogP contribution < -0.4 is 9.64 Å². The summed E-state index contributed by atoms with van der Waals surface area (Å²) in [5.74, 6) is -0.00386. The third-order valence-electron chi connectivity index (χ3n) is 5.25. The van der Waals surface area contributed by atoms with E-state index in [1.54, 1.807) is 41.8 Å². The molecule has 2 aliphatic heterocycles. The van der Waals surface area contributed by atoms with E-state index in [1.165, 1.54) is 28.5 Å². The summed E-state index contributed by atoms with van der Waals surface area (Å²) in [4.78, 5) is 32.0. The van der Waals surface area contributed by atoms with Gasteiger partial charge in [-0.05, 0) is 60.9 Å². The molecule has 0 spiro atoms. The van der Waals surface area contributed by atoms with Crippen LogP contribution >= 0.6 is 23.4 Å². The van der Waals surface area contributed by atoms with Crippen LogP contribution in [0.3, 0.4) is 0 Å². The van der Waals surface area contributed by atoms with Gasteiger partial charge in [-0.15, -0.1) is 16.7 Å². The Morgan fingerprint density at radius 2 is 2.03 bits per heavy atom. The molecule has 0 radical (unpaired) electrons. The van der Waals surface area contributed by atoms with Crippen LogP contribution in [0, 0.1) is 5.82 Å². The van der Waals surface area contributed by atoms with Gasteiger partial charge < -0.3 is 9.26 Å². The lowest BCUT2D eigenvalue weighted by molar-refractivity contribution is -0.448. The number of carbonyl (C=O) groups is 2. The third-order valence-corrected chi connectivity index (χ3v) is 6.56. The fraction of sp³-hybridized carbons (Fsp3) is 0.174. The molecule has 0 N–H and O–H groups in total. The van der Waals surface area contributed by atoms with Crippen molar-refractivity contribution in [1.29, 1.82) is 0 Å². The van der Waals surface area contributed by atoms with Crippen molar-refractivity contribution in [3.63, 3.8) is 0 Å². The molecule has 8 nitrogen and oxygen atoms in total. The summed E-state index contributed by atoms with van der Waals surface area (Å²) in [6.07, 6.45) is 1.73. The number of fused-ring (bicyclic) bond motifs is 1. The number of benzene rings is 2. The zero-order valence-electron chi connectivity index (χ0n) is 17.8. The van der Waals surface area contributed by atoms with Crippen molar-refractivity contribution < 1.29 is 27.8 Å². The molecule has 172 valence electrons. The number of imide groups is 1. The van der Waals surface area contributed by atoms with Crippen LogP contribution in [0.1, 0.15) is 12.8 Å². The maximum absolute atomic E-state index is 13.8. The van der Waals surface area contributed by atoms with Gasteiger partial charge in [-0.3, -0.25) is 0 Å². The van der Waals surface area contributed by atoms with E-state index in [1.807, 2.05) is 6.92 Å². The molecule has 1 unspecified atom stereocenters. The molecular weight excluding hydrogens is 483 g/mol. The number of hydrogen-bond donors (Lipinski definition) is 0. The highest BCUT2D eigenvalue weighted by atomic mass is 35.5. The van der Waals surface area contributed by atoms with Gasteiger partial charge in [0.25, 0.3) is 5.89 Å². The van der Waals surface area contributed by atoms with E-state index in [9.17, 15) is 14.0 Å². The van der Waals surface area contributed by atoms with Crippen LogP contribution in [0.5, 0.6) is 5.75 Å². The zero-order chi connectivity index (χ0) is 23.8. The molecule has 3 aromatic rings. The molecule has 3 heterocycles. The first-order chi connectivity index (χ1) is 16.5. The number of allylic oxidation sites excluding steroid dienone is 1. The number of urea groups is 1. The zero-order valence-corrected chi connectivity index (χ0v) is 19.3. The number of hydrogen-bond acceptors (Lipinski definition) is 7. The SMILES string of the molecule is CCOc1ccc(N2C(=O)C3SC=CC3=[N+](Cc3nc(-c4ccc(Cl)c(F)c4)no3)C2=O)cc1. The van der Waals surface area contributed by atoms with Crippen molar-refractivity contribution in [3.8, 4) is 17.1 Å². The Bertz CT molecular complexity index is 1360. The predicted molar refractivity (Wildman–Crippen MR) is 125 cm³/mol. The molecule has 34 heavy (non-hydrogen) atoms. The lowest BCUT2D eigenvalue weighted by Crippen LogP contribution is -2.55. The Hall–Kier alpha value is -3.50. The van der Waals surface area contributed by atoms with Crippen LogP contribution in [0.2, 0.25) is 5.02 Å². The second kappa shape index (κ2) is 9.03. The molecular formula is C23H17ClFN4O4S+. The van der Waals surface area contributed by atoms with E-state index >= 15 is 0 Å². The third kappa shape index (κ3) is 3.99. The number of anilines is 1. The van der Waals surface area contributed by atoms with Crippen LogP contribution in [0.25, 0.3) is 11.4 Å². The summed E-state index contributed by atoms with van der Waals surface area (Å²) in [5.41, 5.74) is 1.35. The average Bonchev–Trinajstić information content (AvgIpc) is 3.50. The fourth-order valence-electron chi connectivity index (χ4n) is 3.67. The van der Waals surface area contributed by atoms with E-state index in [0.29, 0.717) is 29.3 Å². The van der Waals surface area contributed by atoms with Crippen molar-refractivity contribution in [1.82, 2.24) is 10.1 Å². The first kappa shape index (κ1) is 22.3. The minimum absolute atomic E-state index is 0.0154. The number of ether oxygens (including phenoxy) is 1. The minimum Gasteiger partial charge on any atom is -0.494 e. The maximum Gasteiger partial charge on any atom is 0.506 e. The van der Waals surface area contributed by atoms with E-state index in [-0.39, 0.29) is 29.2 Å². The van der Waals surface area contributed by atoms with Crippen LogP contribution in [0.15, 0.2) is 58.5 Å². The van der Waals surface area contributed by atoms with Gasteiger partial charge in [0.15, 0.2) is 11.8 Å². The van der Waals surface area contributed by atoms with Crippen LogP contribution in [-0.2, 0) is 11.3 Å². The van der Waals surface area contributed by atoms with Crippen molar-refractivity contribution in [2.75, 3.05) is 11.5 Å². The maximum atomic E-state index is 13.8. The van der Waals surface area contributed by atoms with Gasteiger partial charge in [0, 0.05) is 5.56 Å². The number of carbonyl (C=O) groups excluding carboxylic acids is 2. The molecule has 2 aromatic carbocycles. The molecule has 0 fully saturated rings. The summed E-state index contributed by atoms with van der Waals surface area (Å²) in [5, 5.41) is 5.08. The van der Waals surface area contributed by atoms with E-state index in [2.05, 4.69) is 10.1 Å². The van der Waals surface area contributed by atoms with E-state index < -0.39 is 17.1 Å². The smallest absolute Gasteiger partial charge is 0.494 e. The van der Waals surface area contributed by atoms with Crippen LogP contribution in [0.4, 0.5) is 14.9 Å².